The van der Waals surface area contributed by atoms with Gasteiger partial charge in [-0.25, -0.2) is 4.98 Å². The number of likely N-dealkylation sites (N-methyl/N-ethyl adjacent to an activating group) is 1. The molecule has 4 rings (SSSR count). The molecule has 0 fully saturated rings. The molecule has 0 saturated carbocycles. The molecule has 0 unspecified atom stereocenters. The normalized spacial score (nSPS) is 14.6. The number of amides is 1. The van der Waals surface area contributed by atoms with Gasteiger partial charge in [0.05, 0.1) is 28.6 Å². The second-order valence-corrected chi connectivity index (χ2v) is 9.03. The summed E-state index contributed by atoms with van der Waals surface area (Å²) in [6, 6.07) is 14.1. The van der Waals surface area contributed by atoms with Crippen molar-refractivity contribution in [2.75, 3.05) is 13.6 Å². The molecule has 0 radical (unpaired) electrons. The fraction of sp³-hybridized carbons (Fsp3) is 0.348. The highest BCUT2D eigenvalue weighted by atomic mass is 32.1. The third kappa shape index (κ3) is 4.22. The molecule has 3 aromatic rings. The second-order valence-electron chi connectivity index (χ2n) is 7.92. The van der Waals surface area contributed by atoms with Crippen molar-refractivity contribution in [1.29, 1.82) is 0 Å². The summed E-state index contributed by atoms with van der Waals surface area (Å²) in [5.74, 6) is -1.16. The minimum absolute atomic E-state index is 0.178. The molecule has 156 valence electrons. The summed E-state index contributed by atoms with van der Waals surface area (Å²) < 4.78 is 1.08. The van der Waals surface area contributed by atoms with Crippen LogP contribution in [0.5, 0.6) is 0 Å². The number of hydrogen-bond donors (Lipinski definition) is 3. The van der Waals surface area contributed by atoms with Crippen molar-refractivity contribution < 1.29 is 14.7 Å². The first-order chi connectivity index (χ1) is 14.5. The van der Waals surface area contributed by atoms with Gasteiger partial charge in [-0.2, -0.15) is 0 Å². The van der Waals surface area contributed by atoms with Crippen molar-refractivity contribution >= 4 is 33.4 Å². The standard InChI is InChI=1S/C23H25N3O3S/c1-24-9-8-15-6-7-19-18(10-15)26-20(30-19)14-25-22(29)23(13-21(27)28)11-16-4-2-3-5-17(16)12-23/h2-7,10,24H,8-9,11-14H2,1H3,(H,25,29)(H,27,28). The van der Waals surface area contributed by atoms with Gasteiger partial charge in [-0.3, -0.25) is 9.59 Å². The fourth-order valence-corrected chi connectivity index (χ4v) is 5.10. The highest BCUT2D eigenvalue weighted by Gasteiger charge is 2.45. The first-order valence-electron chi connectivity index (χ1n) is 10.1. The largest absolute Gasteiger partial charge is 0.481 e. The van der Waals surface area contributed by atoms with E-state index in [1.165, 1.54) is 5.56 Å². The molecule has 0 saturated heterocycles. The number of aliphatic carboxylic acids is 1. The maximum absolute atomic E-state index is 13.1. The first-order valence-corrected chi connectivity index (χ1v) is 10.9. The number of nitrogens with zero attached hydrogens (tertiary/aromatic N) is 1. The van der Waals surface area contributed by atoms with Crippen LogP contribution in [0.4, 0.5) is 0 Å². The molecule has 1 aliphatic carbocycles. The monoisotopic (exact) mass is 423 g/mol. The molecule has 1 aliphatic rings. The Bertz CT molecular complexity index is 1070. The van der Waals surface area contributed by atoms with Crippen molar-refractivity contribution in [3.63, 3.8) is 0 Å². The van der Waals surface area contributed by atoms with E-state index < -0.39 is 11.4 Å². The van der Waals surface area contributed by atoms with Crippen LogP contribution in [0.25, 0.3) is 10.2 Å². The minimum Gasteiger partial charge on any atom is -0.481 e. The maximum atomic E-state index is 13.1. The van der Waals surface area contributed by atoms with E-state index in [1.54, 1.807) is 11.3 Å². The van der Waals surface area contributed by atoms with Crippen molar-refractivity contribution in [3.8, 4) is 0 Å². The Labute approximate surface area is 179 Å². The van der Waals surface area contributed by atoms with Gasteiger partial charge in [0.25, 0.3) is 0 Å². The lowest BCUT2D eigenvalue weighted by molar-refractivity contribution is -0.145. The van der Waals surface area contributed by atoms with Gasteiger partial charge in [0, 0.05) is 0 Å². The van der Waals surface area contributed by atoms with E-state index in [0.29, 0.717) is 19.4 Å². The molecular weight excluding hydrogens is 398 g/mol. The van der Waals surface area contributed by atoms with Crippen molar-refractivity contribution in [1.82, 2.24) is 15.6 Å². The van der Waals surface area contributed by atoms with Gasteiger partial charge in [0.15, 0.2) is 0 Å². The van der Waals surface area contributed by atoms with E-state index in [1.807, 2.05) is 31.3 Å². The highest BCUT2D eigenvalue weighted by molar-refractivity contribution is 7.18. The van der Waals surface area contributed by atoms with E-state index in [9.17, 15) is 14.7 Å². The third-order valence-corrected chi connectivity index (χ3v) is 6.74. The SMILES string of the molecule is CNCCc1ccc2sc(CNC(=O)C3(CC(=O)O)Cc4ccccc4C3)nc2c1. The van der Waals surface area contributed by atoms with Gasteiger partial charge in [0.2, 0.25) is 5.91 Å². The minimum atomic E-state index is -0.952. The summed E-state index contributed by atoms with van der Waals surface area (Å²) in [4.78, 5) is 29.3. The average molecular weight is 424 g/mol. The van der Waals surface area contributed by atoms with Gasteiger partial charge in [-0.05, 0) is 61.7 Å². The lowest BCUT2D eigenvalue weighted by Crippen LogP contribution is -2.43. The van der Waals surface area contributed by atoms with Crippen molar-refractivity contribution in [2.24, 2.45) is 5.41 Å². The van der Waals surface area contributed by atoms with Crippen LogP contribution in [0, 0.1) is 5.41 Å². The molecule has 0 spiro atoms. The predicted molar refractivity (Wildman–Crippen MR) is 118 cm³/mol. The molecule has 0 atom stereocenters. The van der Waals surface area contributed by atoms with Gasteiger partial charge >= 0.3 is 5.97 Å². The zero-order valence-electron chi connectivity index (χ0n) is 16.9. The van der Waals surface area contributed by atoms with Crippen LogP contribution in [0.15, 0.2) is 42.5 Å². The number of carbonyl (C=O) groups excluding carboxylic acids is 1. The van der Waals surface area contributed by atoms with Crippen molar-refractivity contribution in [3.05, 3.63) is 64.2 Å². The van der Waals surface area contributed by atoms with Crippen LogP contribution < -0.4 is 10.6 Å². The number of thiazole rings is 1. The molecule has 0 aliphatic heterocycles. The number of carboxylic acids is 1. The van der Waals surface area contributed by atoms with Crippen LogP contribution in [-0.4, -0.2) is 35.6 Å². The van der Waals surface area contributed by atoms with E-state index in [-0.39, 0.29) is 12.3 Å². The summed E-state index contributed by atoms with van der Waals surface area (Å²) in [6.07, 6.45) is 1.67. The summed E-state index contributed by atoms with van der Waals surface area (Å²) in [5.41, 5.74) is 3.34. The molecular formula is C23H25N3O3S. The third-order valence-electron chi connectivity index (χ3n) is 5.71. The Hall–Kier alpha value is -2.77. The number of hydrogen-bond acceptors (Lipinski definition) is 5. The summed E-state index contributed by atoms with van der Waals surface area (Å²) in [5, 5.41) is 16.4. The zero-order chi connectivity index (χ0) is 21.1. The van der Waals surface area contributed by atoms with Gasteiger partial charge < -0.3 is 15.7 Å². The van der Waals surface area contributed by atoms with Crippen LogP contribution in [0.1, 0.15) is 28.1 Å². The lowest BCUT2D eigenvalue weighted by Gasteiger charge is -2.25. The smallest absolute Gasteiger partial charge is 0.304 e. The number of carbonyl (C=O) groups is 2. The van der Waals surface area contributed by atoms with Gasteiger partial charge in [0.1, 0.15) is 5.01 Å². The Morgan fingerprint density at radius 1 is 1.17 bits per heavy atom. The number of carboxylic acid groups (broad SMARTS) is 1. The van der Waals surface area contributed by atoms with E-state index in [0.717, 1.165) is 39.3 Å². The van der Waals surface area contributed by atoms with Gasteiger partial charge in [-0.15, -0.1) is 11.3 Å². The van der Waals surface area contributed by atoms with E-state index in [2.05, 4.69) is 33.8 Å². The Balaban J connectivity index is 1.48. The molecule has 30 heavy (non-hydrogen) atoms. The number of nitrogens with one attached hydrogen (secondary N) is 2. The molecule has 6 nitrogen and oxygen atoms in total. The Kier molecular flexibility index (Phi) is 5.83. The molecule has 2 aromatic carbocycles. The molecule has 1 heterocycles. The fourth-order valence-electron chi connectivity index (χ4n) is 4.21. The first kappa shape index (κ1) is 20.5. The van der Waals surface area contributed by atoms with Gasteiger partial charge in [-0.1, -0.05) is 30.3 Å². The average Bonchev–Trinajstić information content (AvgIpc) is 3.30. The van der Waals surface area contributed by atoms with Crippen LogP contribution in [-0.2, 0) is 35.4 Å². The Morgan fingerprint density at radius 2 is 1.90 bits per heavy atom. The van der Waals surface area contributed by atoms with Crippen LogP contribution >= 0.6 is 11.3 Å². The quantitative estimate of drug-likeness (QED) is 0.518. The zero-order valence-corrected chi connectivity index (χ0v) is 17.7. The number of aromatic nitrogens is 1. The number of rotatable bonds is 8. The topological polar surface area (TPSA) is 91.3 Å². The Morgan fingerprint density at radius 3 is 2.57 bits per heavy atom. The van der Waals surface area contributed by atoms with E-state index in [4.69, 9.17) is 0 Å². The number of fused-ring (bicyclic) bond motifs is 2. The molecule has 1 amide bonds. The summed E-state index contributed by atoms with van der Waals surface area (Å²) in [6.45, 7) is 1.22. The predicted octanol–water partition coefficient (Wildman–Crippen LogP) is 2.93. The lowest BCUT2D eigenvalue weighted by atomic mass is 9.80. The van der Waals surface area contributed by atoms with Crippen LogP contribution in [0.2, 0.25) is 0 Å². The summed E-state index contributed by atoms with van der Waals surface area (Å²) in [7, 11) is 1.93. The van der Waals surface area contributed by atoms with E-state index >= 15 is 0 Å². The maximum Gasteiger partial charge on any atom is 0.304 e. The summed E-state index contributed by atoms with van der Waals surface area (Å²) >= 11 is 1.56. The second kappa shape index (κ2) is 8.53. The molecule has 3 N–H and O–H groups in total. The molecule has 1 aromatic heterocycles. The molecule has 0 bridgehead atoms. The molecule has 7 heteroatoms. The van der Waals surface area contributed by atoms with Crippen LogP contribution in [0.3, 0.4) is 0 Å². The van der Waals surface area contributed by atoms with Crippen molar-refractivity contribution in [2.45, 2.75) is 32.2 Å². The highest BCUT2D eigenvalue weighted by Crippen LogP contribution is 2.40. The number of benzene rings is 2.